The van der Waals surface area contributed by atoms with Crippen LogP contribution in [0.15, 0.2) is 12.5 Å². The standard InChI is InChI=1S/C12H24N4/c1-11(2)15(3)6-4-5-7-16-10-14-9-12(16)8-13/h9-11H,4-8,13H2,1-3H3. The van der Waals surface area contributed by atoms with Crippen LogP contribution in [0.2, 0.25) is 0 Å². The Labute approximate surface area is 98.5 Å². The molecule has 1 aromatic rings. The minimum absolute atomic E-state index is 0.575. The van der Waals surface area contributed by atoms with Crippen molar-refractivity contribution in [1.29, 1.82) is 0 Å². The Morgan fingerprint density at radius 3 is 2.81 bits per heavy atom. The van der Waals surface area contributed by atoms with Gasteiger partial charge in [-0.1, -0.05) is 0 Å². The van der Waals surface area contributed by atoms with E-state index in [1.165, 1.54) is 12.8 Å². The van der Waals surface area contributed by atoms with Gasteiger partial charge in [-0.05, 0) is 40.3 Å². The van der Waals surface area contributed by atoms with E-state index in [1.807, 2.05) is 12.5 Å². The number of hydrogen-bond acceptors (Lipinski definition) is 3. The molecule has 0 amide bonds. The van der Waals surface area contributed by atoms with Gasteiger partial charge in [0, 0.05) is 25.3 Å². The maximum Gasteiger partial charge on any atom is 0.0948 e. The summed E-state index contributed by atoms with van der Waals surface area (Å²) in [6.07, 6.45) is 6.12. The van der Waals surface area contributed by atoms with Gasteiger partial charge in [-0.2, -0.15) is 0 Å². The van der Waals surface area contributed by atoms with Crippen molar-refractivity contribution in [3.63, 3.8) is 0 Å². The average molecular weight is 224 g/mol. The minimum atomic E-state index is 0.575. The second-order valence-electron chi connectivity index (χ2n) is 4.56. The van der Waals surface area contributed by atoms with Crippen LogP contribution >= 0.6 is 0 Å². The van der Waals surface area contributed by atoms with Gasteiger partial charge in [0.05, 0.1) is 12.0 Å². The van der Waals surface area contributed by atoms with E-state index >= 15 is 0 Å². The lowest BCUT2D eigenvalue weighted by Gasteiger charge is -2.20. The largest absolute Gasteiger partial charge is 0.333 e. The lowest BCUT2D eigenvalue weighted by atomic mass is 10.2. The molecule has 1 rings (SSSR count). The predicted octanol–water partition coefficient (Wildman–Crippen LogP) is 1.46. The Bertz CT molecular complexity index is 293. The van der Waals surface area contributed by atoms with Crippen molar-refractivity contribution in [1.82, 2.24) is 14.5 Å². The van der Waals surface area contributed by atoms with Crippen LogP contribution in [0.4, 0.5) is 0 Å². The third-order valence-corrected chi connectivity index (χ3v) is 3.05. The topological polar surface area (TPSA) is 47.1 Å². The van der Waals surface area contributed by atoms with Crippen LogP contribution in [0.5, 0.6) is 0 Å². The first kappa shape index (κ1) is 13.2. The number of nitrogens with zero attached hydrogens (tertiary/aromatic N) is 3. The van der Waals surface area contributed by atoms with E-state index in [9.17, 15) is 0 Å². The fraction of sp³-hybridized carbons (Fsp3) is 0.750. The third-order valence-electron chi connectivity index (χ3n) is 3.05. The van der Waals surface area contributed by atoms with Crippen molar-refractivity contribution in [2.24, 2.45) is 5.73 Å². The first-order valence-electron chi connectivity index (χ1n) is 6.04. The fourth-order valence-corrected chi connectivity index (χ4v) is 1.62. The highest BCUT2D eigenvalue weighted by molar-refractivity contribution is 4.96. The third kappa shape index (κ3) is 3.94. The smallest absolute Gasteiger partial charge is 0.0948 e. The van der Waals surface area contributed by atoms with E-state index in [1.54, 1.807) is 0 Å². The Balaban J connectivity index is 2.21. The Kier molecular flexibility index (Phi) is 5.49. The van der Waals surface area contributed by atoms with Gasteiger partial charge in [-0.25, -0.2) is 4.98 Å². The zero-order chi connectivity index (χ0) is 12.0. The van der Waals surface area contributed by atoms with Crippen LogP contribution in [0.1, 0.15) is 32.4 Å². The zero-order valence-electron chi connectivity index (χ0n) is 10.7. The molecule has 1 heterocycles. The molecule has 0 aliphatic rings. The predicted molar refractivity (Wildman–Crippen MR) is 67.1 cm³/mol. The van der Waals surface area contributed by atoms with E-state index in [2.05, 4.69) is 35.3 Å². The minimum Gasteiger partial charge on any atom is -0.333 e. The fourth-order valence-electron chi connectivity index (χ4n) is 1.62. The number of imidazole rings is 1. The molecule has 0 saturated heterocycles. The van der Waals surface area contributed by atoms with Crippen LogP contribution < -0.4 is 5.73 Å². The van der Waals surface area contributed by atoms with Crippen LogP contribution in [0.3, 0.4) is 0 Å². The van der Waals surface area contributed by atoms with Gasteiger partial charge in [0.25, 0.3) is 0 Å². The van der Waals surface area contributed by atoms with Crippen molar-refractivity contribution < 1.29 is 0 Å². The lowest BCUT2D eigenvalue weighted by molar-refractivity contribution is 0.266. The van der Waals surface area contributed by atoms with E-state index in [0.29, 0.717) is 12.6 Å². The molecule has 0 radical (unpaired) electrons. The zero-order valence-corrected chi connectivity index (χ0v) is 10.7. The normalized spacial score (nSPS) is 11.6. The molecule has 4 nitrogen and oxygen atoms in total. The Morgan fingerprint density at radius 1 is 1.44 bits per heavy atom. The average Bonchev–Trinajstić information content (AvgIpc) is 2.71. The molecule has 0 aliphatic heterocycles. The molecular formula is C12H24N4. The van der Waals surface area contributed by atoms with Crippen molar-refractivity contribution in [3.8, 4) is 0 Å². The van der Waals surface area contributed by atoms with E-state index in [-0.39, 0.29) is 0 Å². The van der Waals surface area contributed by atoms with Crippen LogP contribution in [0.25, 0.3) is 0 Å². The molecule has 0 spiro atoms. The Hall–Kier alpha value is -0.870. The van der Waals surface area contributed by atoms with Gasteiger partial charge >= 0.3 is 0 Å². The highest BCUT2D eigenvalue weighted by Gasteiger charge is 2.03. The summed E-state index contributed by atoms with van der Waals surface area (Å²) < 4.78 is 2.15. The molecule has 1 aromatic heterocycles. The highest BCUT2D eigenvalue weighted by Crippen LogP contribution is 2.03. The molecule has 0 aromatic carbocycles. The number of rotatable bonds is 7. The summed E-state index contributed by atoms with van der Waals surface area (Å²) in [6.45, 7) is 7.21. The molecule has 0 atom stereocenters. The first-order valence-corrected chi connectivity index (χ1v) is 6.04. The summed E-state index contributed by atoms with van der Waals surface area (Å²) >= 11 is 0. The monoisotopic (exact) mass is 224 g/mol. The SMILES string of the molecule is CC(C)N(C)CCCCn1cncc1CN. The molecule has 16 heavy (non-hydrogen) atoms. The van der Waals surface area contributed by atoms with Gasteiger partial charge in [-0.3, -0.25) is 0 Å². The maximum absolute atomic E-state index is 5.62. The molecule has 4 heteroatoms. The lowest BCUT2D eigenvalue weighted by Crippen LogP contribution is -2.27. The molecule has 0 unspecified atom stereocenters. The molecule has 0 fully saturated rings. The van der Waals surface area contributed by atoms with Gasteiger partial charge in [0.1, 0.15) is 0 Å². The molecule has 0 saturated carbocycles. The van der Waals surface area contributed by atoms with Crippen molar-refractivity contribution in [2.75, 3.05) is 13.6 Å². The number of aromatic nitrogens is 2. The molecule has 0 aliphatic carbocycles. The second kappa shape index (κ2) is 6.66. The number of hydrogen-bond donors (Lipinski definition) is 1. The first-order chi connectivity index (χ1) is 7.65. The number of aryl methyl sites for hydroxylation is 1. The quantitative estimate of drug-likeness (QED) is 0.713. The summed E-state index contributed by atoms with van der Waals surface area (Å²) in [5.74, 6) is 0. The van der Waals surface area contributed by atoms with Gasteiger partial charge in [0.2, 0.25) is 0 Å². The maximum atomic E-state index is 5.62. The van der Waals surface area contributed by atoms with Crippen LogP contribution in [-0.4, -0.2) is 34.1 Å². The van der Waals surface area contributed by atoms with Gasteiger partial charge in [0.15, 0.2) is 0 Å². The van der Waals surface area contributed by atoms with E-state index < -0.39 is 0 Å². The summed E-state index contributed by atoms with van der Waals surface area (Å²) in [4.78, 5) is 6.48. The highest BCUT2D eigenvalue weighted by atomic mass is 15.1. The number of nitrogens with two attached hydrogens (primary N) is 1. The molecular weight excluding hydrogens is 200 g/mol. The van der Waals surface area contributed by atoms with Crippen molar-refractivity contribution in [3.05, 3.63) is 18.2 Å². The Morgan fingerprint density at radius 2 is 2.19 bits per heavy atom. The van der Waals surface area contributed by atoms with Crippen molar-refractivity contribution in [2.45, 2.75) is 45.8 Å². The molecule has 0 bridgehead atoms. The summed E-state index contributed by atoms with van der Waals surface area (Å²) in [7, 11) is 2.17. The summed E-state index contributed by atoms with van der Waals surface area (Å²) in [6, 6.07) is 0.632. The summed E-state index contributed by atoms with van der Waals surface area (Å²) in [5.41, 5.74) is 6.74. The summed E-state index contributed by atoms with van der Waals surface area (Å²) in [5, 5.41) is 0. The van der Waals surface area contributed by atoms with Crippen molar-refractivity contribution >= 4 is 0 Å². The van der Waals surface area contributed by atoms with Crippen LogP contribution in [-0.2, 0) is 13.1 Å². The van der Waals surface area contributed by atoms with E-state index in [0.717, 1.165) is 18.8 Å². The molecule has 2 N–H and O–H groups in total. The molecule has 92 valence electrons. The van der Waals surface area contributed by atoms with Crippen LogP contribution in [0, 0.1) is 0 Å². The second-order valence-corrected chi connectivity index (χ2v) is 4.56. The number of unbranched alkanes of at least 4 members (excludes halogenated alkanes) is 1. The van der Waals surface area contributed by atoms with E-state index in [4.69, 9.17) is 5.73 Å². The van der Waals surface area contributed by atoms with Gasteiger partial charge < -0.3 is 15.2 Å². The van der Waals surface area contributed by atoms with Gasteiger partial charge in [-0.15, -0.1) is 0 Å².